The summed E-state index contributed by atoms with van der Waals surface area (Å²) in [5, 5.41) is 4.41. The second-order valence-corrected chi connectivity index (χ2v) is 5.48. The summed E-state index contributed by atoms with van der Waals surface area (Å²) in [4.78, 5) is 9.51. The van der Waals surface area contributed by atoms with Gasteiger partial charge in [-0.05, 0) is 37.6 Å². The molecule has 2 rings (SSSR count). The maximum Gasteiger partial charge on any atom is 0.119 e. The number of nitrogens with zero attached hydrogens (tertiary/aromatic N) is 2. The lowest BCUT2D eigenvalue weighted by atomic mass is 10.1. The molecule has 0 radical (unpaired) electrons. The molecule has 1 heterocycles. The molecule has 1 aromatic carbocycles. The molecular formula is C15H19N3S. The van der Waals surface area contributed by atoms with Gasteiger partial charge in [0.05, 0.1) is 6.20 Å². The second-order valence-electron chi connectivity index (χ2n) is 4.39. The standard InChI is InChI=1S/C15H19N3S/c1-3-8-17-12(2)13-4-6-14(7-5-13)19-15-11-16-9-10-18-15/h4-7,9-12,17H,3,8H2,1-2H3. The normalized spacial score (nSPS) is 12.3. The maximum absolute atomic E-state index is 4.26. The first-order valence-corrected chi connectivity index (χ1v) is 7.38. The molecule has 0 aliphatic carbocycles. The van der Waals surface area contributed by atoms with Crippen LogP contribution in [0.25, 0.3) is 0 Å². The largest absolute Gasteiger partial charge is 0.310 e. The van der Waals surface area contributed by atoms with Gasteiger partial charge >= 0.3 is 0 Å². The van der Waals surface area contributed by atoms with Gasteiger partial charge in [-0.3, -0.25) is 4.98 Å². The van der Waals surface area contributed by atoms with Gasteiger partial charge in [-0.15, -0.1) is 0 Å². The molecule has 3 nitrogen and oxygen atoms in total. The van der Waals surface area contributed by atoms with Gasteiger partial charge in [0.1, 0.15) is 5.03 Å². The van der Waals surface area contributed by atoms with Crippen molar-refractivity contribution < 1.29 is 0 Å². The maximum atomic E-state index is 4.26. The molecule has 0 aliphatic rings. The van der Waals surface area contributed by atoms with E-state index in [-0.39, 0.29) is 0 Å². The average Bonchev–Trinajstić information content (AvgIpc) is 2.46. The van der Waals surface area contributed by atoms with Gasteiger partial charge in [0.2, 0.25) is 0 Å². The van der Waals surface area contributed by atoms with Crippen LogP contribution in [0.2, 0.25) is 0 Å². The van der Waals surface area contributed by atoms with Crippen molar-refractivity contribution in [2.24, 2.45) is 0 Å². The third-order valence-electron chi connectivity index (χ3n) is 2.84. The molecule has 0 amide bonds. The van der Waals surface area contributed by atoms with Gasteiger partial charge in [0.15, 0.2) is 0 Å². The lowest BCUT2D eigenvalue weighted by molar-refractivity contribution is 0.570. The predicted octanol–water partition coefficient (Wildman–Crippen LogP) is 3.69. The highest BCUT2D eigenvalue weighted by Crippen LogP contribution is 2.26. The lowest BCUT2D eigenvalue weighted by Crippen LogP contribution is -2.19. The van der Waals surface area contributed by atoms with Crippen molar-refractivity contribution in [3.8, 4) is 0 Å². The van der Waals surface area contributed by atoms with Crippen LogP contribution < -0.4 is 5.32 Å². The highest BCUT2D eigenvalue weighted by Gasteiger charge is 2.04. The molecule has 1 aromatic heterocycles. The number of rotatable bonds is 6. The average molecular weight is 273 g/mol. The Hall–Kier alpha value is -1.39. The first kappa shape index (κ1) is 14.0. The van der Waals surface area contributed by atoms with E-state index in [1.807, 2.05) is 0 Å². The van der Waals surface area contributed by atoms with Crippen LogP contribution in [-0.4, -0.2) is 16.5 Å². The molecule has 100 valence electrons. The van der Waals surface area contributed by atoms with Gasteiger partial charge in [0, 0.05) is 23.3 Å². The number of nitrogens with one attached hydrogen (secondary N) is 1. The molecule has 0 bridgehead atoms. The van der Waals surface area contributed by atoms with E-state index < -0.39 is 0 Å². The molecule has 0 fully saturated rings. The zero-order valence-corrected chi connectivity index (χ0v) is 12.2. The van der Waals surface area contributed by atoms with E-state index in [9.17, 15) is 0 Å². The molecule has 0 spiro atoms. The Labute approximate surface area is 118 Å². The van der Waals surface area contributed by atoms with Gasteiger partial charge in [-0.25, -0.2) is 4.98 Å². The van der Waals surface area contributed by atoms with Crippen LogP contribution in [0.5, 0.6) is 0 Å². The van der Waals surface area contributed by atoms with E-state index in [0.29, 0.717) is 6.04 Å². The van der Waals surface area contributed by atoms with Crippen molar-refractivity contribution >= 4 is 11.8 Å². The fourth-order valence-electron chi connectivity index (χ4n) is 1.76. The first-order valence-electron chi connectivity index (χ1n) is 6.57. The quantitative estimate of drug-likeness (QED) is 0.871. The summed E-state index contributed by atoms with van der Waals surface area (Å²) in [6.45, 7) is 5.43. The van der Waals surface area contributed by atoms with E-state index in [2.05, 4.69) is 53.4 Å². The highest BCUT2D eigenvalue weighted by atomic mass is 32.2. The van der Waals surface area contributed by atoms with Crippen LogP contribution in [0.15, 0.2) is 52.8 Å². The van der Waals surface area contributed by atoms with Gasteiger partial charge < -0.3 is 5.32 Å². The Kier molecular flexibility index (Phi) is 5.36. The zero-order valence-electron chi connectivity index (χ0n) is 11.3. The van der Waals surface area contributed by atoms with Crippen LogP contribution in [0.3, 0.4) is 0 Å². The number of hydrogen-bond acceptors (Lipinski definition) is 4. The predicted molar refractivity (Wildman–Crippen MR) is 79.3 cm³/mol. The van der Waals surface area contributed by atoms with Crippen LogP contribution in [0, 0.1) is 0 Å². The molecule has 0 saturated heterocycles. The van der Waals surface area contributed by atoms with Crippen LogP contribution >= 0.6 is 11.8 Å². The minimum Gasteiger partial charge on any atom is -0.310 e. The van der Waals surface area contributed by atoms with Crippen molar-refractivity contribution in [2.45, 2.75) is 36.2 Å². The van der Waals surface area contributed by atoms with Crippen molar-refractivity contribution in [1.29, 1.82) is 0 Å². The Bertz CT molecular complexity index is 485. The third-order valence-corrected chi connectivity index (χ3v) is 3.77. The SMILES string of the molecule is CCCNC(C)c1ccc(Sc2cnccn2)cc1. The third kappa shape index (κ3) is 4.33. The van der Waals surface area contributed by atoms with Crippen molar-refractivity contribution in [2.75, 3.05) is 6.54 Å². The van der Waals surface area contributed by atoms with Gasteiger partial charge in [-0.1, -0.05) is 30.8 Å². The summed E-state index contributed by atoms with van der Waals surface area (Å²) in [6, 6.07) is 9.02. The van der Waals surface area contributed by atoms with E-state index in [1.54, 1.807) is 30.4 Å². The first-order chi connectivity index (χ1) is 9.29. The molecule has 19 heavy (non-hydrogen) atoms. The van der Waals surface area contributed by atoms with E-state index >= 15 is 0 Å². The molecule has 0 saturated carbocycles. The highest BCUT2D eigenvalue weighted by molar-refractivity contribution is 7.99. The summed E-state index contributed by atoms with van der Waals surface area (Å²) in [7, 11) is 0. The summed E-state index contributed by atoms with van der Waals surface area (Å²) < 4.78 is 0. The summed E-state index contributed by atoms with van der Waals surface area (Å²) in [5.41, 5.74) is 1.32. The number of aromatic nitrogens is 2. The Morgan fingerprint density at radius 3 is 2.63 bits per heavy atom. The van der Waals surface area contributed by atoms with E-state index in [4.69, 9.17) is 0 Å². The Balaban J connectivity index is 1.98. The topological polar surface area (TPSA) is 37.8 Å². The molecule has 1 atom stereocenters. The van der Waals surface area contributed by atoms with Crippen LogP contribution in [0.4, 0.5) is 0 Å². The fourth-order valence-corrected chi connectivity index (χ4v) is 2.50. The van der Waals surface area contributed by atoms with Gasteiger partial charge in [0.25, 0.3) is 0 Å². The molecule has 1 unspecified atom stereocenters. The van der Waals surface area contributed by atoms with E-state index in [0.717, 1.165) is 18.0 Å². The monoisotopic (exact) mass is 273 g/mol. The minimum atomic E-state index is 0.399. The second kappa shape index (κ2) is 7.26. The zero-order chi connectivity index (χ0) is 13.5. The van der Waals surface area contributed by atoms with Crippen molar-refractivity contribution in [3.63, 3.8) is 0 Å². The number of benzene rings is 1. The van der Waals surface area contributed by atoms with Crippen LogP contribution in [-0.2, 0) is 0 Å². The minimum absolute atomic E-state index is 0.399. The molecular weight excluding hydrogens is 254 g/mol. The molecule has 2 aromatic rings. The van der Waals surface area contributed by atoms with Crippen molar-refractivity contribution in [3.05, 3.63) is 48.4 Å². The smallest absolute Gasteiger partial charge is 0.119 e. The van der Waals surface area contributed by atoms with Crippen LogP contribution in [0.1, 0.15) is 31.9 Å². The summed E-state index contributed by atoms with van der Waals surface area (Å²) in [5.74, 6) is 0. The molecule has 0 aliphatic heterocycles. The summed E-state index contributed by atoms with van der Waals surface area (Å²) in [6.07, 6.45) is 6.34. The van der Waals surface area contributed by atoms with E-state index in [1.165, 1.54) is 10.5 Å². The van der Waals surface area contributed by atoms with Gasteiger partial charge in [-0.2, -0.15) is 0 Å². The van der Waals surface area contributed by atoms with Crippen molar-refractivity contribution in [1.82, 2.24) is 15.3 Å². The lowest BCUT2D eigenvalue weighted by Gasteiger charge is -2.13. The Morgan fingerprint density at radius 1 is 1.21 bits per heavy atom. The molecule has 1 N–H and O–H groups in total. The Morgan fingerprint density at radius 2 is 2.00 bits per heavy atom. The summed E-state index contributed by atoms with van der Waals surface area (Å²) >= 11 is 1.63. The number of hydrogen-bond donors (Lipinski definition) is 1. The molecule has 4 heteroatoms. The fraction of sp³-hybridized carbons (Fsp3) is 0.333.